The van der Waals surface area contributed by atoms with E-state index in [1.165, 1.54) is 6.92 Å². The van der Waals surface area contributed by atoms with Crippen LogP contribution in [0.4, 0.5) is 0 Å². The molecule has 0 atom stereocenters. The van der Waals surface area contributed by atoms with Gasteiger partial charge in [-0.3, -0.25) is 15.1 Å². The van der Waals surface area contributed by atoms with Crippen LogP contribution >= 0.6 is 0 Å². The van der Waals surface area contributed by atoms with Crippen LogP contribution in [0.1, 0.15) is 18.2 Å². The highest BCUT2D eigenvalue weighted by molar-refractivity contribution is 5.92. The van der Waals surface area contributed by atoms with Crippen LogP contribution in [0.5, 0.6) is 0 Å². The molecule has 0 aliphatic rings. The number of carbonyl (C=O) groups is 1. The summed E-state index contributed by atoms with van der Waals surface area (Å²) in [5.41, 5.74) is 7.14. The summed E-state index contributed by atoms with van der Waals surface area (Å²) >= 11 is 0. The van der Waals surface area contributed by atoms with E-state index in [4.69, 9.17) is 9.72 Å². The van der Waals surface area contributed by atoms with E-state index in [9.17, 15) is 4.79 Å². The highest BCUT2D eigenvalue weighted by atomic mass is 16.5. The smallest absolute Gasteiger partial charge is 0.303 e. The lowest BCUT2D eigenvalue weighted by molar-refractivity contribution is -0.141. The Morgan fingerprint density at radius 3 is 2.69 bits per heavy atom. The van der Waals surface area contributed by atoms with Crippen molar-refractivity contribution in [3.8, 4) is 33.9 Å². The average molecular weight is 465 g/mol. The predicted molar refractivity (Wildman–Crippen MR) is 134 cm³/mol. The molecule has 0 saturated heterocycles. The van der Waals surface area contributed by atoms with Crippen LogP contribution in [0.3, 0.4) is 0 Å². The van der Waals surface area contributed by atoms with Crippen molar-refractivity contribution in [2.24, 2.45) is 0 Å². The summed E-state index contributed by atoms with van der Waals surface area (Å²) in [5.74, 6) is 0.252. The van der Waals surface area contributed by atoms with Gasteiger partial charge in [0, 0.05) is 54.3 Å². The summed E-state index contributed by atoms with van der Waals surface area (Å²) < 4.78 is 4.94. The van der Waals surface area contributed by atoms with E-state index in [-0.39, 0.29) is 12.7 Å². The van der Waals surface area contributed by atoms with E-state index in [0.717, 1.165) is 50.4 Å². The Labute approximate surface area is 202 Å². The van der Waals surface area contributed by atoms with E-state index in [1.807, 2.05) is 68.0 Å². The number of nitrogens with one attached hydrogen (secondary N) is 2. The van der Waals surface area contributed by atoms with Crippen LogP contribution in [-0.2, 0) is 16.1 Å². The lowest BCUT2D eigenvalue weighted by Gasteiger charge is -2.10. The van der Waals surface area contributed by atoms with Crippen molar-refractivity contribution in [2.75, 3.05) is 6.73 Å². The van der Waals surface area contributed by atoms with Crippen LogP contribution in [0.15, 0.2) is 73.2 Å². The van der Waals surface area contributed by atoms with Crippen molar-refractivity contribution in [2.45, 2.75) is 20.4 Å². The first-order valence-electron chi connectivity index (χ1n) is 11.2. The zero-order valence-corrected chi connectivity index (χ0v) is 19.4. The van der Waals surface area contributed by atoms with Gasteiger partial charge in [-0.25, -0.2) is 15.0 Å². The first-order valence-corrected chi connectivity index (χ1v) is 11.2. The molecular formula is C27H24N6O2. The molecule has 2 N–H and O–H groups in total. The molecule has 5 aromatic rings. The van der Waals surface area contributed by atoms with Crippen LogP contribution < -0.4 is 5.32 Å². The largest absolute Gasteiger partial charge is 0.450 e. The number of fused-ring (bicyclic) bond motifs is 1. The number of carbonyl (C=O) groups excluding carboxylic acids is 1. The van der Waals surface area contributed by atoms with Crippen molar-refractivity contribution < 1.29 is 9.53 Å². The monoisotopic (exact) mass is 464 g/mol. The number of ether oxygens (including phenoxy) is 1. The molecule has 0 radical (unpaired) electrons. The lowest BCUT2D eigenvalue weighted by Crippen LogP contribution is -2.19. The number of benzene rings is 1. The number of aromatic amines is 1. The summed E-state index contributed by atoms with van der Waals surface area (Å²) in [4.78, 5) is 32.8. The maximum absolute atomic E-state index is 10.9. The van der Waals surface area contributed by atoms with Gasteiger partial charge < -0.3 is 9.72 Å². The van der Waals surface area contributed by atoms with Crippen molar-refractivity contribution in [3.05, 3.63) is 84.4 Å². The molecule has 5 rings (SSSR count). The first-order chi connectivity index (χ1) is 17.1. The van der Waals surface area contributed by atoms with Crippen LogP contribution in [0.2, 0.25) is 0 Å². The third kappa shape index (κ3) is 5.07. The molecule has 174 valence electrons. The topological polar surface area (TPSA) is 106 Å². The quantitative estimate of drug-likeness (QED) is 0.205. The molecule has 0 bridgehead atoms. The Balaban J connectivity index is 1.49. The normalized spacial score (nSPS) is 11.0. The summed E-state index contributed by atoms with van der Waals surface area (Å²) in [6, 6.07) is 18.0. The fourth-order valence-electron chi connectivity index (χ4n) is 3.88. The van der Waals surface area contributed by atoms with Crippen molar-refractivity contribution >= 4 is 17.0 Å². The number of rotatable bonds is 7. The third-order valence-corrected chi connectivity index (χ3v) is 5.51. The zero-order valence-electron chi connectivity index (χ0n) is 19.4. The van der Waals surface area contributed by atoms with E-state index >= 15 is 0 Å². The number of nitrogens with zero attached hydrogens (tertiary/aromatic N) is 4. The molecule has 0 saturated carbocycles. The van der Waals surface area contributed by atoms with Gasteiger partial charge in [0.05, 0.1) is 5.69 Å². The molecule has 8 nitrogen and oxygen atoms in total. The fourth-order valence-corrected chi connectivity index (χ4v) is 3.88. The zero-order chi connectivity index (χ0) is 24.2. The molecule has 0 fully saturated rings. The molecule has 4 aromatic heterocycles. The second kappa shape index (κ2) is 9.82. The summed E-state index contributed by atoms with van der Waals surface area (Å²) in [6.07, 6.45) is 5.52. The van der Waals surface area contributed by atoms with E-state index in [2.05, 4.69) is 37.4 Å². The lowest BCUT2D eigenvalue weighted by atomic mass is 10.0. The maximum Gasteiger partial charge on any atom is 0.303 e. The molecule has 4 heterocycles. The second-order valence-electron chi connectivity index (χ2n) is 8.17. The minimum atomic E-state index is -0.309. The molecule has 35 heavy (non-hydrogen) atoms. The molecule has 8 heteroatoms. The number of esters is 1. The maximum atomic E-state index is 10.9. The predicted octanol–water partition coefficient (Wildman–Crippen LogP) is 4.67. The van der Waals surface area contributed by atoms with Gasteiger partial charge >= 0.3 is 5.97 Å². The molecule has 0 aliphatic heterocycles. The summed E-state index contributed by atoms with van der Waals surface area (Å²) in [5, 5.41) is 4.03. The van der Waals surface area contributed by atoms with E-state index < -0.39 is 0 Å². The molecule has 0 unspecified atom stereocenters. The van der Waals surface area contributed by atoms with Crippen LogP contribution in [-0.4, -0.2) is 37.6 Å². The van der Waals surface area contributed by atoms with Crippen molar-refractivity contribution in [1.82, 2.24) is 30.2 Å². The van der Waals surface area contributed by atoms with Gasteiger partial charge in [0.2, 0.25) is 0 Å². The number of aryl methyl sites for hydroxylation is 1. The Bertz CT molecular complexity index is 1510. The van der Waals surface area contributed by atoms with Crippen molar-refractivity contribution in [3.63, 3.8) is 0 Å². The number of pyridine rings is 2. The fraction of sp³-hybridized carbons (Fsp3) is 0.148. The van der Waals surface area contributed by atoms with E-state index in [0.29, 0.717) is 12.4 Å². The Morgan fingerprint density at radius 2 is 1.83 bits per heavy atom. The number of H-pyrrole nitrogens is 1. The summed E-state index contributed by atoms with van der Waals surface area (Å²) in [6.45, 7) is 4.10. The standard InChI is InChI=1S/C27H24N6O2/c1-17-5-3-8-24(31-17)27-32-25(23-9-10-30-26(23)33-27)22-12-21(14-28-15-22)20-7-4-6-19(11-20)13-29-16-35-18(2)34/h3-12,14-15,29H,13,16H2,1-2H3,(H,30,32,33). The number of hydrogen-bond acceptors (Lipinski definition) is 7. The SMILES string of the molecule is CC(=O)OCNCc1cccc(-c2cncc(-c3nc(-c4cccc(C)n4)nc4[nH]ccc34)c2)c1. The van der Waals surface area contributed by atoms with Gasteiger partial charge in [-0.1, -0.05) is 24.3 Å². The first kappa shape index (κ1) is 22.4. The number of hydrogen-bond donors (Lipinski definition) is 2. The molecule has 1 aromatic carbocycles. The van der Waals surface area contributed by atoms with Gasteiger partial charge in [-0.05, 0) is 48.4 Å². The van der Waals surface area contributed by atoms with Crippen LogP contribution in [0, 0.1) is 6.92 Å². The minimum Gasteiger partial charge on any atom is -0.450 e. The highest BCUT2D eigenvalue weighted by Gasteiger charge is 2.14. The third-order valence-electron chi connectivity index (χ3n) is 5.51. The Morgan fingerprint density at radius 1 is 0.971 bits per heavy atom. The Kier molecular flexibility index (Phi) is 6.28. The highest BCUT2D eigenvalue weighted by Crippen LogP contribution is 2.30. The molecular weight excluding hydrogens is 440 g/mol. The molecule has 0 amide bonds. The van der Waals surface area contributed by atoms with Crippen molar-refractivity contribution in [1.29, 1.82) is 0 Å². The van der Waals surface area contributed by atoms with Gasteiger partial charge in [0.15, 0.2) is 5.82 Å². The minimum absolute atomic E-state index is 0.176. The van der Waals surface area contributed by atoms with Gasteiger partial charge in [0.25, 0.3) is 0 Å². The average Bonchev–Trinajstić information content (AvgIpc) is 3.35. The second-order valence-corrected chi connectivity index (χ2v) is 8.17. The van der Waals surface area contributed by atoms with Gasteiger partial charge in [-0.15, -0.1) is 0 Å². The van der Waals surface area contributed by atoms with E-state index in [1.54, 1.807) is 0 Å². The Hall–Kier alpha value is -4.43. The molecule has 0 aliphatic carbocycles. The molecule has 0 spiro atoms. The summed E-state index contributed by atoms with van der Waals surface area (Å²) in [7, 11) is 0. The van der Waals surface area contributed by atoms with Gasteiger partial charge in [0.1, 0.15) is 18.1 Å². The number of aromatic nitrogens is 5. The van der Waals surface area contributed by atoms with Gasteiger partial charge in [-0.2, -0.15) is 0 Å². The van der Waals surface area contributed by atoms with Crippen LogP contribution in [0.25, 0.3) is 44.9 Å².